The first kappa shape index (κ1) is 12.5. The first-order valence-corrected chi connectivity index (χ1v) is 6.50. The maximum absolute atomic E-state index is 12.4. The molecule has 0 aromatic heterocycles. The highest BCUT2D eigenvalue weighted by molar-refractivity contribution is 6.42. The Morgan fingerprint density at radius 3 is 2.71 bits per heavy atom. The zero-order valence-electron chi connectivity index (χ0n) is 11.5. The van der Waals surface area contributed by atoms with E-state index in [0.29, 0.717) is 5.41 Å². The molecule has 0 unspecified atom stereocenters. The standard InChI is InChI=1S/C15H23NO/c1-10-6-7-15(5)8-11(10)12(16-9-15)13(17)14(2,3)4/h11H,1,6-9H2,2-5H3/t11-,15-/m0/s1. The lowest BCUT2D eigenvalue weighted by atomic mass is 9.64. The maximum Gasteiger partial charge on any atom is 0.182 e. The van der Waals surface area contributed by atoms with Gasteiger partial charge in [0.2, 0.25) is 0 Å². The van der Waals surface area contributed by atoms with Crippen molar-refractivity contribution in [2.45, 2.75) is 47.0 Å². The zero-order chi connectivity index (χ0) is 12.8. The first-order valence-electron chi connectivity index (χ1n) is 6.50. The molecule has 0 N–H and O–H groups in total. The van der Waals surface area contributed by atoms with Crippen molar-refractivity contribution in [2.75, 3.05) is 6.54 Å². The van der Waals surface area contributed by atoms with Gasteiger partial charge in [0.05, 0.1) is 5.71 Å². The minimum absolute atomic E-state index is 0.201. The van der Waals surface area contributed by atoms with E-state index in [9.17, 15) is 4.79 Å². The van der Waals surface area contributed by atoms with Crippen LogP contribution in [0.4, 0.5) is 0 Å². The molecule has 2 heteroatoms. The van der Waals surface area contributed by atoms with Crippen molar-refractivity contribution in [1.29, 1.82) is 0 Å². The number of fused-ring (bicyclic) bond motifs is 2. The van der Waals surface area contributed by atoms with E-state index in [-0.39, 0.29) is 17.1 Å². The van der Waals surface area contributed by atoms with Gasteiger partial charge in [-0.1, -0.05) is 39.8 Å². The van der Waals surface area contributed by atoms with Crippen LogP contribution in [-0.4, -0.2) is 18.0 Å². The van der Waals surface area contributed by atoms with Crippen LogP contribution < -0.4 is 0 Å². The van der Waals surface area contributed by atoms with Gasteiger partial charge in [0.15, 0.2) is 5.78 Å². The Labute approximate surface area is 104 Å². The summed E-state index contributed by atoms with van der Waals surface area (Å²) in [6.07, 6.45) is 3.28. The number of nitrogens with zero attached hydrogens (tertiary/aromatic N) is 1. The molecule has 17 heavy (non-hydrogen) atoms. The van der Waals surface area contributed by atoms with Crippen molar-refractivity contribution in [3.63, 3.8) is 0 Å². The number of Topliss-reactive ketones (excluding diaryl/α,β-unsaturated/α-hetero) is 1. The van der Waals surface area contributed by atoms with Gasteiger partial charge in [-0.05, 0) is 24.7 Å². The molecule has 0 aromatic carbocycles. The Hall–Kier alpha value is -0.920. The molecule has 2 aliphatic rings. The number of ketones is 1. The first-order chi connectivity index (χ1) is 7.73. The second-order valence-electron chi connectivity index (χ2n) is 7.01. The van der Waals surface area contributed by atoms with E-state index in [4.69, 9.17) is 0 Å². The Balaban J connectivity index is 2.33. The summed E-state index contributed by atoms with van der Waals surface area (Å²) in [5, 5.41) is 0. The number of aliphatic imine (C=N–C) groups is 1. The van der Waals surface area contributed by atoms with Gasteiger partial charge in [-0.3, -0.25) is 9.79 Å². The molecule has 1 saturated carbocycles. The molecule has 0 saturated heterocycles. The highest BCUT2D eigenvalue weighted by Crippen LogP contribution is 2.45. The van der Waals surface area contributed by atoms with E-state index in [1.807, 2.05) is 20.8 Å². The van der Waals surface area contributed by atoms with Crippen LogP contribution in [0, 0.1) is 16.7 Å². The average Bonchev–Trinajstić information content (AvgIpc) is 2.22. The van der Waals surface area contributed by atoms with E-state index in [0.717, 1.165) is 25.1 Å². The summed E-state index contributed by atoms with van der Waals surface area (Å²) in [7, 11) is 0. The molecule has 0 spiro atoms. The predicted molar refractivity (Wildman–Crippen MR) is 71.4 cm³/mol. The molecule has 2 nitrogen and oxygen atoms in total. The average molecular weight is 233 g/mol. The highest BCUT2D eigenvalue weighted by atomic mass is 16.1. The van der Waals surface area contributed by atoms with Crippen molar-refractivity contribution in [3.8, 4) is 0 Å². The van der Waals surface area contributed by atoms with Crippen LogP contribution in [-0.2, 0) is 4.79 Å². The summed E-state index contributed by atoms with van der Waals surface area (Å²) in [5.41, 5.74) is 1.97. The fraction of sp³-hybridized carbons (Fsp3) is 0.733. The largest absolute Gasteiger partial charge is 0.292 e. The molecule has 2 bridgehead atoms. The van der Waals surface area contributed by atoms with Gasteiger partial charge < -0.3 is 0 Å². The number of carbonyl (C=O) groups is 1. The number of hydrogen-bond donors (Lipinski definition) is 0. The van der Waals surface area contributed by atoms with Gasteiger partial charge in [-0.15, -0.1) is 0 Å². The van der Waals surface area contributed by atoms with Crippen LogP contribution in [0.2, 0.25) is 0 Å². The van der Waals surface area contributed by atoms with Gasteiger partial charge in [0.25, 0.3) is 0 Å². The Morgan fingerprint density at radius 1 is 1.47 bits per heavy atom. The number of carbonyl (C=O) groups excluding carboxylic acids is 1. The summed E-state index contributed by atoms with van der Waals surface area (Å²) >= 11 is 0. The predicted octanol–water partition coefficient (Wildman–Crippen LogP) is 3.42. The Bertz CT molecular complexity index is 400. The lowest BCUT2D eigenvalue weighted by molar-refractivity contribution is -0.120. The summed E-state index contributed by atoms with van der Waals surface area (Å²) < 4.78 is 0. The molecule has 2 rings (SSSR count). The van der Waals surface area contributed by atoms with Crippen LogP contribution >= 0.6 is 0 Å². The number of allylic oxidation sites excluding steroid dienone is 1. The van der Waals surface area contributed by atoms with E-state index < -0.39 is 0 Å². The quantitative estimate of drug-likeness (QED) is 0.638. The van der Waals surface area contributed by atoms with Crippen LogP contribution in [0.25, 0.3) is 0 Å². The van der Waals surface area contributed by atoms with Crippen LogP contribution in [0.15, 0.2) is 17.1 Å². The normalized spacial score (nSPS) is 33.3. The third-order valence-corrected chi connectivity index (χ3v) is 4.11. The molecule has 1 heterocycles. The lowest BCUT2D eigenvalue weighted by Crippen LogP contribution is -2.44. The third-order valence-electron chi connectivity index (χ3n) is 4.11. The molecule has 1 fully saturated rings. The minimum Gasteiger partial charge on any atom is -0.292 e. The molecule has 0 aromatic rings. The molecule has 1 aliphatic heterocycles. The zero-order valence-corrected chi connectivity index (χ0v) is 11.5. The van der Waals surface area contributed by atoms with Crippen molar-refractivity contribution in [1.82, 2.24) is 0 Å². The van der Waals surface area contributed by atoms with Crippen LogP contribution in [0.5, 0.6) is 0 Å². The van der Waals surface area contributed by atoms with E-state index >= 15 is 0 Å². The van der Waals surface area contributed by atoms with Crippen molar-refractivity contribution >= 4 is 11.5 Å². The maximum atomic E-state index is 12.4. The molecule has 0 radical (unpaired) electrons. The summed E-state index contributed by atoms with van der Waals surface area (Å²) in [6, 6.07) is 0. The molecular formula is C15H23NO. The van der Waals surface area contributed by atoms with Gasteiger partial charge >= 0.3 is 0 Å². The lowest BCUT2D eigenvalue weighted by Gasteiger charge is -2.43. The van der Waals surface area contributed by atoms with Gasteiger partial charge in [-0.2, -0.15) is 0 Å². The van der Waals surface area contributed by atoms with E-state index in [1.54, 1.807) is 0 Å². The second-order valence-corrected chi connectivity index (χ2v) is 7.01. The topological polar surface area (TPSA) is 29.4 Å². The van der Waals surface area contributed by atoms with Crippen LogP contribution in [0.3, 0.4) is 0 Å². The molecule has 94 valence electrons. The minimum atomic E-state index is -0.329. The SMILES string of the molecule is C=C1CC[C@]2(C)CN=C(C(=O)C(C)(C)C)[C@H]1C2. The van der Waals surface area contributed by atoms with Crippen molar-refractivity contribution in [3.05, 3.63) is 12.2 Å². The van der Waals surface area contributed by atoms with Crippen molar-refractivity contribution in [2.24, 2.45) is 21.7 Å². The van der Waals surface area contributed by atoms with Crippen LogP contribution in [0.1, 0.15) is 47.0 Å². The molecule has 2 atom stereocenters. The Morgan fingerprint density at radius 2 is 2.12 bits per heavy atom. The highest BCUT2D eigenvalue weighted by Gasteiger charge is 2.43. The fourth-order valence-electron chi connectivity index (χ4n) is 2.81. The van der Waals surface area contributed by atoms with Gasteiger partial charge in [-0.25, -0.2) is 0 Å². The fourth-order valence-corrected chi connectivity index (χ4v) is 2.81. The van der Waals surface area contributed by atoms with Gasteiger partial charge in [0, 0.05) is 17.9 Å². The van der Waals surface area contributed by atoms with E-state index in [2.05, 4.69) is 18.5 Å². The summed E-state index contributed by atoms with van der Waals surface area (Å²) in [6.45, 7) is 13.2. The number of rotatable bonds is 1. The van der Waals surface area contributed by atoms with Crippen molar-refractivity contribution < 1.29 is 4.79 Å². The Kier molecular flexibility index (Phi) is 2.80. The monoisotopic (exact) mass is 233 g/mol. The van der Waals surface area contributed by atoms with E-state index in [1.165, 1.54) is 12.0 Å². The summed E-state index contributed by atoms with van der Waals surface area (Å²) in [4.78, 5) is 17.0. The summed E-state index contributed by atoms with van der Waals surface area (Å²) in [5.74, 6) is 0.418. The smallest absolute Gasteiger partial charge is 0.182 e. The number of hydrogen-bond acceptors (Lipinski definition) is 2. The van der Waals surface area contributed by atoms with Gasteiger partial charge in [0.1, 0.15) is 0 Å². The molecule has 1 aliphatic carbocycles. The molecular weight excluding hydrogens is 210 g/mol. The third kappa shape index (κ3) is 2.22. The second kappa shape index (κ2) is 3.79. The molecule has 0 amide bonds.